The van der Waals surface area contributed by atoms with Gasteiger partial charge < -0.3 is 4.90 Å². The topological polar surface area (TPSA) is 15.6 Å². The molecule has 1 saturated carbocycles. The highest BCUT2D eigenvalue weighted by Crippen LogP contribution is 2.31. The number of nitrogens with zero attached hydrogens (tertiary/aromatic N) is 2. The minimum atomic E-state index is 0.654. The average Bonchev–Trinajstić information content (AvgIpc) is 2.97. The lowest BCUT2D eigenvalue weighted by Crippen LogP contribution is -2.39. The SMILES string of the molecule is CC(C)CN(C1=NCC(CBr)S1)C1CCCC1. The molecule has 0 amide bonds. The van der Waals surface area contributed by atoms with E-state index in [0.29, 0.717) is 5.25 Å². The van der Waals surface area contributed by atoms with Gasteiger partial charge in [-0.05, 0) is 18.8 Å². The first-order valence-corrected chi connectivity index (χ1v) is 8.74. The normalized spacial score (nSPS) is 25.6. The van der Waals surface area contributed by atoms with E-state index in [1.807, 2.05) is 11.8 Å². The van der Waals surface area contributed by atoms with Crippen LogP contribution in [0.25, 0.3) is 0 Å². The van der Waals surface area contributed by atoms with E-state index in [-0.39, 0.29) is 0 Å². The van der Waals surface area contributed by atoms with E-state index in [1.165, 1.54) is 37.4 Å². The maximum atomic E-state index is 4.76. The summed E-state index contributed by atoms with van der Waals surface area (Å²) in [6.45, 7) is 6.78. The van der Waals surface area contributed by atoms with Gasteiger partial charge in [0.1, 0.15) is 0 Å². The van der Waals surface area contributed by atoms with Gasteiger partial charge in [0.2, 0.25) is 0 Å². The molecule has 0 aromatic heterocycles. The molecule has 0 radical (unpaired) electrons. The number of amidine groups is 1. The highest BCUT2D eigenvalue weighted by Gasteiger charge is 2.30. The van der Waals surface area contributed by atoms with Crippen molar-refractivity contribution in [2.24, 2.45) is 10.9 Å². The molecule has 1 aliphatic carbocycles. The highest BCUT2D eigenvalue weighted by atomic mass is 79.9. The van der Waals surface area contributed by atoms with Gasteiger partial charge in [0.25, 0.3) is 0 Å². The summed E-state index contributed by atoms with van der Waals surface area (Å²) in [6, 6.07) is 0.762. The van der Waals surface area contributed by atoms with Gasteiger partial charge in [0.05, 0.1) is 6.54 Å². The Morgan fingerprint density at radius 2 is 2.12 bits per heavy atom. The maximum Gasteiger partial charge on any atom is 0.159 e. The van der Waals surface area contributed by atoms with E-state index in [1.54, 1.807) is 0 Å². The number of thioether (sulfide) groups is 1. The van der Waals surface area contributed by atoms with Crippen LogP contribution in [0.15, 0.2) is 4.99 Å². The Bertz CT molecular complexity index is 275. The number of hydrogen-bond donors (Lipinski definition) is 0. The van der Waals surface area contributed by atoms with Crippen LogP contribution < -0.4 is 0 Å². The van der Waals surface area contributed by atoms with Gasteiger partial charge >= 0.3 is 0 Å². The molecule has 0 aromatic carbocycles. The van der Waals surface area contributed by atoms with Crippen LogP contribution >= 0.6 is 27.7 Å². The van der Waals surface area contributed by atoms with Crippen LogP contribution in [0.5, 0.6) is 0 Å². The molecule has 1 fully saturated rings. The Morgan fingerprint density at radius 3 is 2.65 bits per heavy atom. The van der Waals surface area contributed by atoms with E-state index >= 15 is 0 Å². The number of hydrogen-bond acceptors (Lipinski definition) is 3. The van der Waals surface area contributed by atoms with Gasteiger partial charge in [-0.1, -0.05) is 54.4 Å². The molecule has 0 N–H and O–H groups in total. The van der Waals surface area contributed by atoms with Gasteiger partial charge in [-0.15, -0.1) is 0 Å². The van der Waals surface area contributed by atoms with Crippen molar-refractivity contribution in [1.29, 1.82) is 0 Å². The first kappa shape index (κ1) is 13.7. The van der Waals surface area contributed by atoms with Gasteiger partial charge in [0.15, 0.2) is 5.17 Å². The van der Waals surface area contributed by atoms with Gasteiger partial charge in [0, 0.05) is 23.2 Å². The largest absolute Gasteiger partial charge is 0.348 e. The van der Waals surface area contributed by atoms with E-state index in [0.717, 1.165) is 23.8 Å². The summed E-state index contributed by atoms with van der Waals surface area (Å²) in [5, 5.41) is 3.03. The highest BCUT2D eigenvalue weighted by molar-refractivity contribution is 9.09. The summed E-state index contributed by atoms with van der Waals surface area (Å²) in [7, 11) is 0. The number of aliphatic imine (C=N–C) groups is 1. The summed E-state index contributed by atoms with van der Waals surface area (Å²) in [6.07, 6.45) is 5.54. The van der Waals surface area contributed by atoms with Crippen LogP contribution in [-0.4, -0.2) is 39.8 Å². The predicted molar refractivity (Wildman–Crippen MR) is 81.3 cm³/mol. The summed E-state index contributed by atoms with van der Waals surface area (Å²) < 4.78 is 0. The fourth-order valence-corrected chi connectivity index (χ4v) is 4.25. The Morgan fingerprint density at radius 1 is 1.41 bits per heavy atom. The smallest absolute Gasteiger partial charge is 0.159 e. The second-order valence-corrected chi connectivity index (χ2v) is 7.42. The molecular formula is C13H23BrN2S. The molecule has 1 atom stereocenters. The lowest BCUT2D eigenvalue weighted by atomic mass is 10.1. The molecule has 4 heteroatoms. The Hall–Kier alpha value is 0.300. The Balaban J connectivity index is 1.99. The molecule has 0 aromatic rings. The third kappa shape index (κ3) is 3.63. The molecule has 0 bridgehead atoms. The number of halogens is 1. The van der Waals surface area contributed by atoms with Crippen LogP contribution in [0.3, 0.4) is 0 Å². The summed E-state index contributed by atoms with van der Waals surface area (Å²) in [5.74, 6) is 0.724. The van der Waals surface area contributed by atoms with Crippen molar-refractivity contribution in [2.75, 3.05) is 18.4 Å². The van der Waals surface area contributed by atoms with E-state index in [9.17, 15) is 0 Å². The van der Waals surface area contributed by atoms with Crippen molar-refractivity contribution in [3.05, 3.63) is 0 Å². The minimum absolute atomic E-state index is 0.654. The molecule has 98 valence electrons. The molecule has 0 spiro atoms. The van der Waals surface area contributed by atoms with Gasteiger partial charge in [-0.3, -0.25) is 4.99 Å². The maximum absolute atomic E-state index is 4.76. The van der Waals surface area contributed by atoms with Crippen molar-refractivity contribution in [3.63, 3.8) is 0 Å². The van der Waals surface area contributed by atoms with Crippen LogP contribution in [0.1, 0.15) is 39.5 Å². The predicted octanol–water partition coefficient (Wildman–Crippen LogP) is 3.75. The number of alkyl halides is 1. The lowest BCUT2D eigenvalue weighted by molar-refractivity contribution is 0.288. The summed E-state index contributed by atoms with van der Waals surface area (Å²) >= 11 is 5.55. The van der Waals surface area contributed by atoms with Crippen LogP contribution in [-0.2, 0) is 0 Å². The molecule has 17 heavy (non-hydrogen) atoms. The Kier molecular flexibility index (Phi) is 5.22. The van der Waals surface area contributed by atoms with Gasteiger partial charge in [-0.2, -0.15) is 0 Å². The molecule has 2 rings (SSSR count). The van der Waals surface area contributed by atoms with E-state index < -0.39 is 0 Å². The quantitative estimate of drug-likeness (QED) is 0.733. The molecule has 2 nitrogen and oxygen atoms in total. The Labute approximate surface area is 118 Å². The first-order chi connectivity index (χ1) is 8.20. The molecule has 0 saturated heterocycles. The zero-order valence-corrected chi connectivity index (χ0v) is 13.3. The fourth-order valence-electron chi connectivity index (χ4n) is 2.64. The minimum Gasteiger partial charge on any atom is -0.348 e. The van der Waals surface area contributed by atoms with Crippen molar-refractivity contribution >= 4 is 32.9 Å². The average molecular weight is 319 g/mol. The lowest BCUT2D eigenvalue weighted by Gasteiger charge is -2.32. The second-order valence-electron chi connectivity index (χ2n) is 5.50. The second kappa shape index (κ2) is 6.46. The van der Waals surface area contributed by atoms with Crippen LogP contribution in [0.4, 0.5) is 0 Å². The van der Waals surface area contributed by atoms with Gasteiger partial charge in [-0.25, -0.2) is 0 Å². The first-order valence-electron chi connectivity index (χ1n) is 6.74. The molecule has 2 aliphatic rings. The van der Waals surface area contributed by atoms with Crippen LogP contribution in [0.2, 0.25) is 0 Å². The molecule has 1 aliphatic heterocycles. The van der Waals surface area contributed by atoms with Crippen LogP contribution in [0, 0.1) is 5.92 Å². The zero-order valence-electron chi connectivity index (χ0n) is 10.9. The van der Waals surface area contributed by atoms with Crippen molar-refractivity contribution in [2.45, 2.75) is 50.8 Å². The monoisotopic (exact) mass is 318 g/mol. The van der Waals surface area contributed by atoms with Crippen molar-refractivity contribution in [1.82, 2.24) is 4.90 Å². The summed E-state index contributed by atoms with van der Waals surface area (Å²) in [4.78, 5) is 7.36. The molecule has 1 heterocycles. The van der Waals surface area contributed by atoms with E-state index in [2.05, 4.69) is 34.7 Å². The zero-order chi connectivity index (χ0) is 12.3. The fraction of sp³-hybridized carbons (Fsp3) is 0.923. The third-order valence-electron chi connectivity index (χ3n) is 3.45. The standard InChI is InChI=1S/C13H23BrN2S/c1-10(2)9-16(11-5-3-4-6-11)13-15-8-12(7-14)17-13/h10-12H,3-9H2,1-2H3. The molecule has 1 unspecified atom stereocenters. The third-order valence-corrected chi connectivity index (χ3v) is 5.88. The van der Waals surface area contributed by atoms with Crippen molar-refractivity contribution < 1.29 is 0 Å². The summed E-state index contributed by atoms with van der Waals surface area (Å²) in [5.41, 5.74) is 0. The number of rotatable bonds is 4. The molecular weight excluding hydrogens is 296 g/mol. The van der Waals surface area contributed by atoms with E-state index in [4.69, 9.17) is 4.99 Å². The van der Waals surface area contributed by atoms with Crippen molar-refractivity contribution in [3.8, 4) is 0 Å².